The predicted molar refractivity (Wildman–Crippen MR) is 137 cm³/mol. The molecule has 0 spiro atoms. The molecule has 0 aliphatic rings. The molecule has 36 heavy (non-hydrogen) atoms. The van der Waals surface area contributed by atoms with Gasteiger partial charge in [0.25, 0.3) is 0 Å². The van der Waals surface area contributed by atoms with Gasteiger partial charge in [-0.25, -0.2) is 4.79 Å². The number of hydrogen-bond donors (Lipinski definition) is 2. The second-order valence-electron chi connectivity index (χ2n) is 8.95. The first-order valence-corrected chi connectivity index (χ1v) is 12.1. The molecule has 11 heteroatoms. The summed E-state index contributed by atoms with van der Waals surface area (Å²) < 4.78 is 26.9. The first kappa shape index (κ1) is 25.2. The van der Waals surface area contributed by atoms with Crippen molar-refractivity contribution in [2.75, 3.05) is 18.9 Å². The molecule has 0 fully saturated rings. The molecule has 0 aliphatic heterocycles. The zero-order valence-corrected chi connectivity index (χ0v) is 21.6. The highest BCUT2D eigenvalue weighted by atomic mass is 32.2. The summed E-state index contributed by atoms with van der Waals surface area (Å²) in [5.41, 5.74) is 1.79. The average molecular weight is 512 g/mol. The van der Waals surface area contributed by atoms with Gasteiger partial charge in [0, 0.05) is 23.9 Å². The Hall–Kier alpha value is -3.86. The zero-order chi connectivity index (χ0) is 25.7. The molecule has 2 aromatic heterocycles. The van der Waals surface area contributed by atoms with Crippen LogP contribution in [-0.2, 0) is 17.8 Å². The first-order chi connectivity index (χ1) is 17.3. The molecule has 190 valence electrons. The summed E-state index contributed by atoms with van der Waals surface area (Å²) in [5, 5.41) is 12.1. The molecule has 4 rings (SSSR count). The fourth-order valence-corrected chi connectivity index (χ4v) is 4.20. The predicted octanol–water partition coefficient (Wildman–Crippen LogP) is 5.23. The van der Waals surface area contributed by atoms with E-state index < -0.39 is 11.7 Å². The Morgan fingerprint density at radius 1 is 1.14 bits per heavy atom. The van der Waals surface area contributed by atoms with Crippen molar-refractivity contribution in [2.45, 2.75) is 44.4 Å². The van der Waals surface area contributed by atoms with E-state index in [1.165, 1.54) is 11.9 Å². The van der Waals surface area contributed by atoms with Gasteiger partial charge in [-0.3, -0.25) is 4.68 Å². The van der Waals surface area contributed by atoms with Gasteiger partial charge in [0.2, 0.25) is 0 Å². The monoisotopic (exact) mass is 511 g/mol. The number of nitrogens with one attached hydrogen (secondary N) is 2. The summed E-state index contributed by atoms with van der Waals surface area (Å²) in [6.45, 7) is 6.22. The number of para-hydroxylation sites is 1. The first-order valence-electron chi connectivity index (χ1n) is 11.3. The van der Waals surface area contributed by atoms with Crippen molar-refractivity contribution in [1.82, 2.24) is 20.3 Å². The van der Waals surface area contributed by atoms with E-state index in [-0.39, 0.29) is 0 Å². The number of aromatic nitrogens is 3. The SMILES string of the molecule is COc1cc2c(NSc3ccccc3OC)noc2cc1Cn1cc(CNC(=O)OC(C)(C)C)cn1. The molecule has 0 unspecified atom stereocenters. The molecule has 1 amide bonds. The Labute approximate surface area is 213 Å². The number of alkyl carbamates (subject to hydrolysis) is 1. The Balaban J connectivity index is 1.45. The van der Waals surface area contributed by atoms with Crippen molar-refractivity contribution >= 4 is 34.8 Å². The lowest BCUT2D eigenvalue weighted by atomic mass is 10.1. The van der Waals surface area contributed by atoms with Crippen molar-refractivity contribution in [3.8, 4) is 11.5 Å². The maximum Gasteiger partial charge on any atom is 0.407 e. The Kier molecular flexibility index (Phi) is 7.58. The summed E-state index contributed by atoms with van der Waals surface area (Å²) in [4.78, 5) is 12.8. The smallest absolute Gasteiger partial charge is 0.407 e. The van der Waals surface area contributed by atoms with E-state index in [0.29, 0.717) is 30.2 Å². The van der Waals surface area contributed by atoms with Gasteiger partial charge in [0.1, 0.15) is 17.1 Å². The van der Waals surface area contributed by atoms with Crippen LogP contribution in [0, 0.1) is 0 Å². The third-order valence-electron chi connectivity index (χ3n) is 5.05. The van der Waals surface area contributed by atoms with Gasteiger partial charge in [-0.05, 0) is 57.0 Å². The molecule has 0 saturated heterocycles. The number of hydrogen-bond acceptors (Lipinski definition) is 9. The number of methoxy groups -OCH3 is 2. The minimum Gasteiger partial charge on any atom is -0.496 e. The van der Waals surface area contributed by atoms with Crippen LogP contribution >= 0.6 is 11.9 Å². The van der Waals surface area contributed by atoms with Crippen LogP contribution in [0.1, 0.15) is 31.9 Å². The molecule has 0 atom stereocenters. The Bertz CT molecular complexity index is 1340. The van der Waals surface area contributed by atoms with E-state index in [4.69, 9.17) is 18.7 Å². The summed E-state index contributed by atoms with van der Waals surface area (Å²) in [5.74, 6) is 2.03. The van der Waals surface area contributed by atoms with Crippen LogP contribution in [0.15, 0.2) is 58.2 Å². The highest BCUT2D eigenvalue weighted by Gasteiger charge is 2.17. The van der Waals surface area contributed by atoms with Gasteiger partial charge in [0.05, 0.1) is 37.2 Å². The third-order valence-corrected chi connectivity index (χ3v) is 5.91. The number of carbonyl (C=O) groups is 1. The van der Waals surface area contributed by atoms with E-state index in [9.17, 15) is 4.79 Å². The molecular weight excluding hydrogens is 482 g/mol. The Morgan fingerprint density at radius 2 is 1.92 bits per heavy atom. The van der Waals surface area contributed by atoms with E-state index in [1.54, 1.807) is 25.1 Å². The van der Waals surface area contributed by atoms with E-state index >= 15 is 0 Å². The number of anilines is 1. The molecule has 2 N–H and O–H groups in total. The number of carbonyl (C=O) groups excluding carboxylic acids is 1. The van der Waals surface area contributed by atoms with Gasteiger partial charge in [0.15, 0.2) is 11.4 Å². The van der Waals surface area contributed by atoms with Gasteiger partial charge in [-0.2, -0.15) is 5.10 Å². The van der Waals surface area contributed by atoms with Crippen LogP contribution in [0.2, 0.25) is 0 Å². The highest BCUT2D eigenvalue weighted by molar-refractivity contribution is 8.00. The van der Waals surface area contributed by atoms with E-state index in [2.05, 4.69) is 20.3 Å². The fraction of sp³-hybridized carbons (Fsp3) is 0.320. The number of benzene rings is 2. The number of ether oxygens (including phenoxy) is 3. The van der Waals surface area contributed by atoms with Crippen LogP contribution < -0.4 is 19.5 Å². The zero-order valence-electron chi connectivity index (χ0n) is 20.8. The number of fused-ring (bicyclic) bond motifs is 1. The van der Waals surface area contributed by atoms with Crippen LogP contribution in [0.25, 0.3) is 11.0 Å². The molecule has 0 aliphatic carbocycles. The molecule has 0 radical (unpaired) electrons. The number of rotatable bonds is 9. The summed E-state index contributed by atoms with van der Waals surface area (Å²) in [6.07, 6.45) is 3.09. The molecule has 0 saturated carbocycles. The normalized spacial score (nSPS) is 11.4. The molecule has 2 heterocycles. The standard InChI is InChI=1S/C25H29N5O5S/c1-25(2,3)34-24(31)26-12-16-13-27-30(14-16)15-17-10-21-18(11-20(17)33-5)23(28-35-21)29-36-22-9-7-6-8-19(22)32-4/h6-11,13-14H,12,15H2,1-5H3,(H,26,31)(H,28,29). The van der Waals surface area contributed by atoms with Crippen LogP contribution in [0.4, 0.5) is 10.6 Å². The topological polar surface area (TPSA) is 113 Å². The quantitative estimate of drug-likeness (QED) is 0.292. The van der Waals surface area contributed by atoms with Gasteiger partial charge >= 0.3 is 6.09 Å². The lowest BCUT2D eigenvalue weighted by Crippen LogP contribution is -2.32. The lowest BCUT2D eigenvalue weighted by molar-refractivity contribution is 0.0523. The molecular formula is C25H29N5O5S. The Morgan fingerprint density at radius 3 is 2.67 bits per heavy atom. The molecule has 2 aromatic carbocycles. The van der Waals surface area contributed by atoms with Crippen molar-refractivity contribution < 1.29 is 23.5 Å². The maximum absolute atomic E-state index is 11.9. The minimum absolute atomic E-state index is 0.312. The minimum atomic E-state index is -0.549. The van der Waals surface area contributed by atoms with Crippen LogP contribution in [0.3, 0.4) is 0 Å². The van der Waals surface area contributed by atoms with Crippen LogP contribution in [-0.4, -0.2) is 40.9 Å². The van der Waals surface area contributed by atoms with Gasteiger partial charge in [-0.15, -0.1) is 0 Å². The van der Waals surface area contributed by atoms with Gasteiger partial charge < -0.3 is 28.8 Å². The average Bonchev–Trinajstić information content (AvgIpc) is 3.46. The van der Waals surface area contributed by atoms with Crippen molar-refractivity contribution in [2.24, 2.45) is 0 Å². The maximum atomic E-state index is 11.9. The molecule has 10 nitrogen and oxygen atoms in total. The fourth-order valence-electron chi connectivity index (χ4n) is 3.45. The van der Waals surface area contributed by atoms with Crippen molar-refractivity contribution in [3.63, 3.8) is 0 Å². The number of amides is 1. The lowest BCUT2D eigenvalue weighted by Gasteiger charge is -2.19. The van der Waals surface area contributed by atoms with E-state index in [1.807, 2.05) is 63.4 Å². The summed E-state index contributed by atoms with van der Waals surface area (Å²) >= 11 is 1.39. The van der Waals surface area contributed by atoms with Gasteiger partial charge in [-0.1, -0.05) is 17.3 Å². The highest BCUT2D eigenvalue weighted by Crippen LogP contribution is 2.35. The summed E-state index contributed by atoms with van der Waals surface area (Å²) in [7, 11) is 3.26. The van der Waals surface area contributed by atoms with E-state index in [0.717, 1.165) is 27.2 Å². The van der Waals surface area contributed by atoms with Crippen molar-refractivity contribution in [1.29, 1.82) is 0 Å². The molecule has 4 aromatic rings. The third kappa shape index (κ3) is 6.22. The number of nitrogens with zero attached hydrogens (tertiary/aromatic N) is 3. The largest absolute Gasteiger partial charge is 0.496 e. The summed E-state index contributed by atoms with van der Waals surface area (Å²) in [6, 6.07) is 11.5. The van der Waals surface area contributed by atoms with Crippen LogP contribution in [0.5, 0.6) is 11.5 Å². The second kappa shape index (κ2) is 10.8. The second-order valence-corrected chi connectivity index (χ2v) is 9.80. The molecule has 0 bridgehead atoms. The van der Waals surface area contributed by atoms with Crippen molar-refractivity contribution in [3.05, 3.63) is 59.9 Å².